The van der Waals surface area contributed by atoms with Crippen molar-refractivity contribution in [1.29, 1.82) is 0 Å². The van der Waals surface area contributed by atoms with Crippen LogP contribution in [-0.4, -0.2) is 48.3 Å². The second kappa shape index (κ2) is 10.6. The van der Waals surface area contributed by atoms with Crippen molar-refractivity contribution in [2.24, 2.45) is 4.99 Å². The Labute approximate surface area is 173 Å². The number of ether oxygens (including phenoxy) is 1. The molecule has 0 bridgehead atoms. The molecule has 0 saturated heterocycles. The molecule has 0 aliphatic heterocycles. The first-order chi connectivity index (χ1) is 13.0. The molecule has 1 rings (SSSR count). The highest BCUT2D eigenvalue weighted by molar-refractivity contribution is 7.11. The van der Waals surface area contributed by atoms with Gasteiger partial charge < -0.3 is 20.7 Å². The van der Waals surface area contributed by atoms with E-state index in [1.165, 1.54) is 4.88 Å². The molecule has 0 atom stereocenters. The summed E-state index contributed by atoms with van der Waals surface area (Å²) in [6.07, 6.45) is 2.02. The van der Waals surface area contributed by atoms with Crippen molar-refractivity contribution in [3.63, 3.8) is 0 Å². The lowest BCUT2D eigenvalue weighted by molar-refractivity contribution is 0.0448. The van der Waals surface area contributed by atoms with E-state index in [-0.39, 0.29) is 0 Å². The zero-order valence-electron chi connectivity index (χ0n) is 18.7. The maximum atomic E-state index is 12.3. The SMILES string of the molecule is CCC(CC)(CNC(=NC)NCCc1nc(C)c(C)s1)NC(=O)OC(C)(C)C. The molecular weight excluding hydrogens is 374 g/mol. The summed E-state index contributed by atoms with van der Waals surface area (Å²) < 4.78 is 5.43. The van der Waals surface area contributed by atoms with Gasteiger partial charge in [0.25, 0.3) is 0 Å². The molecule has 160 valence electrons. The van der Waals surface area contributed by atoms with Gasteiger partial charge in [-0.1, -0.05) is 13.8 Å². The third-order valence-electron chi connectivity index (χ3n) is 4.64. The number of hydrogen-bond acceptors (Lipinski definition) is 5. The molecule has 8 heteroatoms. The number of alkyl carbamates (subject to hydrolysis) is 1. The number of nitrogens with one attached hydrogen (secondary N) is 3. The van der Waals surface area contributed by atoms with Crippen LogP contribution in [0.3, 0.4) is 0 Å². The van der Waals surface area contributed by atoms with Crippen molar-refractivity contribution in [1.82, 2.24) is 20.9 Å². The molecule has 0 aromatic carbocycles. The smallest absolute Gasteiger partial charge is 0.408 e. The van der Waals surface area contributed by atoms with Crippen LogP contribution in [0.15, 0.2) is 4.99 Å². The Balaban J connectivity index is 2.57. The van der Waals surface area contributed by atoms with E-state index < -0.39 is 17.2 Å². The molecule has 1 aromatic rings. The van der Waals surface area contributed by atoms with Crippen LogP contribution >= 0.6 is 11.3 Å². The highest BCUT2D eigenvalue weighted by atomic mass is 32.1. The maximum absolute atomic E-state index is 12.3. The van der Waals surface area contributed by atoms with E-state index >= 15 is 0 Å². The number of aliphatic imine (C=N–C) groups is 1. The fourth-order valence-electron chi connectivity index (χ4n) is 2.65. The number of aromatic nitrogens is 1. The zero-order chi connectivity index (χ0) is 21.4. The van der Waals surface area contributed by atoms with E-state index in [0.29, 0.717) is 12.5 Å². The number of aryl methyl sites for hydroxylation is 2. The van der Waals surface area contributed by atoms with E-state index in [1.54, 1.807) is 18.4 Å². The van der Waals surface area contributed by atoms with Gasteiger partial charge in [-0.2, -0.15) is 0 Å². The van der Waals surface area contributed by atoms with Gasteiger partial charge in [0.1, 0.15) is 5.60 Å². The van der Waals surface area contributed by atoms with Crippen molar-refractivity contribution < 1.29 is 9.53 Å². The summed E-state index contributed by atoms with van der Waals surface area (Å²) in [4.78, 5) is 22.4. The van der Waals surface area contributed by atoms with E-state index in [0.717, 1.165) is 36.5 Å². The molecule has 1 heterocycles. The second-order valence-electron chi connectivity index (χ2n) is 7.97. The number of carbonyl (C=O) groups is 1. The number of carbonyl (C=O) groups excluding carboxylic acids is 1. The Morgan fingerprint density at radius 1 is 1.18 bits per heavy atom. The molecule has 1 amide bonds. The highest BCUT2D eigenvalue weighted by Gasteiger charge is 2.30. The lowest BCUT2D eigenvalue weighted by Crippen LogP contribution is -2.57. The molecule has 0 fully saturated rings. The number of guanidine groups is 1. The van der Waals surface area contributed by atoms with Gasteiger partial charge in [0.2, 0.25) is 0 Å². The van der Waals surface area contributed by atoms with Crippen molar-refractivity contribution in [3.8, 4) is 0 Å². The van der Waals surface area contributed by atoms with Crippen LogP contribution in [0.2, 0.25) is 0 Å². The Bertz CT molecular complexity index is 641. The number of rotatable bonds is 8. The van der Waals surface area contributed by atoms with Crippen LogP contribution in [0.25, 0.3) is 0 Å². The minimum Gasteiger partial charge on any atom is -0.444 e. The first kappa shape index (κ1) is 24.2. The van der Waals surface area contributed by atoms with E-state index in [1.807, 2.05) is 27.7 Å². The molecule has 7 nitrogen and oxygen atoms in total. The van der Waals surface area contributed by atoms with Crippen molar-refractivity contribution in [2.45, 2.75) is 78.9 Å². The van der Waals surface area contributed by atoms with Gasteiger partial charge in [0.15, 0.2) is 5.96 Å². The normalized spacial score (nSPS) is 12.6. The third kappa shape index (κ3) is 8.04. The summed E-state index contributed by atoms with van der Waals surface area (Å²) in [6.45, 7) is 15.2. The molecule has 28 heavy (non-hydrogen) atoms. The summed E-state index contributed by atoms with van der Waals surface area (Å²) >= 11 is 1.74. The molecule has 0 unspecified atom stereocenters. The fraction of sp³-hybridized carbons (Fsp3) is 0.750. The summed E-state index contributed by atoms with van der Waals surface area (Å²) in [6, 6.07) is 0. The maximum Gasteiger partial charge on any atom is 0.408 e. The molecule has 3 N–H and O–H groups in total. The monoisotopic (exact) mass is 411 g/mol. The molecular formula is C20H37N5O2S. The average molecular weight is 412 g/mol. The number of thiazole rings is 1. The standard InChI is InChI=1S/C20H37N5O2S/c1-9-20(10-2,25-18(26)27-19(5,6)7)13-23-17(21-8)22-12-11-16-24-14(3)15(4)28-16/h9-13H2,1-8H3,(H,25,26)(H2,21,22,23). The van der Waals surface area contributed by atoms with Crippen LogP contribution in [0.1, 0.15) is 63.0 Å². The molecule has 0 spiro atoms. The first-order valence-electron chi connectivity index (χ1n) is 9.92. The number of hydrogen-bond donors (Lipinski definition) is 3. The van der Waals surface area contributed by atoms with E-state index in [4.69, 9.17) is 4.74 Å². The highest BCUT2D eigenvalue weighted by Crippen LogP contribution is 2.17. The minimum atomic E-state index is -0.519. The first-order valence-corrected chi connectivity index (χ1v) is 10.7. The molecule has 0 aliphatic carbocycles. The Kier molecular flexibility index (Phi) is 9.20. The van der Waals surface area contributed by atoms with Gasteiger partial charge in [0.05, 0.1) is 16.2 Å². The quantitative estimate of drug-likeness (QED) is 0.450. The molecule has 0 radical (unpaired) electrons. The molecule has 0 saturated carbocycles. The Morgan fingerprint density at radius 2 is 1.82 bits per heavy atom. The van der Waals surface area contributed by atoms with Crippen LogP contribution in [-0.2, 0) is 11.2 Å². The zero-order valence-corrected chi connectivity index (χ0v) is 19.5. The minimum absolute atomic E-state index is 0.393. The van der Waals surface area contributed by atoms with E-state index in [2.05, 4.69) is 46.7 Å². The van der Waals surface area contributed by atoms with Crippen molar-refractivity contribution >= 4 is 23.4 Å². The predicted octanol–water partition coefficient (Wildman–Crippen LogP) is 3.55. The van der Waals surface area contributed by atoms with Crippen molar-refractivity contribution in [3.05, 3.63) is 15.6 Å². The third-order valence-corrected chi connectivity index (χ3v) is 5.77. The van der Waals surface area contributed by atoms with Crippen LogP contribution in [0.5, 0.6) is 0 Å². The van der Waals surface area contributed by atoms with Gasteiger partial charge in [0, 0.05) is 31.4 Å². The molecule has 1 aromatic heterocycles. The van der Waals surface area contributed by atoms with Gasteiger partial charge in [-0.3, -0.25) is 4.99 Å². The van der Waals surface area contributed by atoms with Crippen LogP contribution in [0, 0.1) is 13.8 Å². The van der Waals surface area contributed by atoms with Crippen molar-refractivity contribution in [2.75, 3.05) is 20.1 Å². The van der Waals surface area contributed by atoms with Gasteiger partial charge >= 0.3 is 6.09 Å². The second-order valence-corrected chi connectivity index (χ2v) is 9.25. The van der Waals surface area contributed by atoms with Gasteiger partial charge in [-0.05, 0) is 47.5 Å². The number of amides is 1. The topological polar surface area (TPSA) is 87.6 Å². The summed E-state index contributed by atoms with van der Waals surface area (Å²) in [5, 5.41) is 10.8. The van der Waals surface area contributed by atoms with Gasteiger partial charge in [-0.15, -0.1) is 11.3 Å². The Hall–Kier alpha value is -1.83. The summed E-state index contributed by atoms with van der Waals surface area (Å²) in [5.74, 6) is 0.710. The molecule has 0 aliphatic rings. The lowest BCUT2D eigenvalue weighted by Gasteiger charge is -2.34. The summed E-state index contributed by atoms with van der Waals surface area (Å²) in [7, 11) is 1.74. The largest absolute Gasteiger partial charge is 0.444 e. The average Bonchev–Trinajstić information content (AvgIpc) is 2.92. The van der Waals surface area contributed by atoms with Crippen LogP contribution in [0.4, 0.5) is 4.79 Å². The fourth-order valence-corrected chi connectivity index (χ4v) is 3.58. The van der Waals surface area contributed by atoms with E-state index in [9.17, 15) is 4.79 Å². The number of nitrogens with zero attached hydrogens (tertiary/aromatic N) is 2. The Morgan fingerprint density at radius 3 is 2.29 bits per heavy atom. The lowest BCUT2D eigenvalue weighted by atomic mass is 9.93. The summed E-state index contributed by atoms with van der Waals surface area (Å²) in [5.41, 5.74) is 0.185. The predicted molar refractivity (Wildman–Crippen MR) is 117 cm³/mol. The van der Waals surface area contributed by atoms with Gasteiger partial charge in [-0.25, -0.2) is 9.78 Å². The van der Waals surface area contributed by atoms with Crippen LogP contribution < -0.4 is 16.0 Å².